The number of nitrogens with one attached hydrogen (secondary N) is 1. The van der Waals surface area contributed by atoms with E-state index in [1.165, 1.54) is 5.56 Å². The second-order valence-electron chi connectivity index (χ2n) is 8.03. The molecule has 176 valence electrons. The largest absolute Gasteiger partial charge is 0.490 e. The first-order chi connectivity index (χ1) is 15.1. The maximum atomic E-state index is 12.2. The molecule has 0 radical (unpaired) electrons. The predicted molar refractivity (Wildman–Crippen MR) is 112 cm³/mol. The van der Waals surface area contributed by atoms with Gasteiger partial charge in [-0.25, -0.2) is 4.79 Å². The van der Waals surface area contributed by atoms with E-state index in [9.17, 15) is 18.0 Å². The lowest BCUT2D eigenvalue weighted by Gasteiger charge is -2.50. The molecule has 32 heavy (non-hydrogen) atoms. The SMILES string of the molecule is Cn1cccc1C(=O)NCCC1CCOC12CN(Cc1ccsc1)C2.O=C(O)C(F)(F)F. The number of ether oxygens (including phenoxy) is 1. The summed E-state index contributed by atoms with van der Waals surface area (Å²) < 4.78 is 39.7. The number of hydrogen-bond acceptors (Lipinski definition) is 5. The second-order valence-corrected chi connectivity index (χ2v) is 8.81. The molecule has 2 aliphatic rings. The van der Waals surface area contributed by atoms with Crippen molar-refractivity contribution in [2.45, 2.75) is 31.2 Å². The normalized spacial score (nSPS) is 19.8. The van der Waals surface area contributed by atoms with Gasteiger partial charge in [-0.2, -0.15) is 24.5 Å². The summed E-state index contributed by atoms with van der Waals surface area (Å²) in [6, 6.07) is 5.94. The molecule has 4 rings (SSSR count). The van der Waals surface area contributed by atoms with E-state index < -0.39 is 12.1 Å². The molecule has 1 spiro atoms. The molecular formula is C21H26F3N3O4S. The van der Waals surface area contributed by atoms with Crippen LogP contribution in [0.15, 0.2) is 35.2 Å². The average Bonchev–Trinajstić information content (AvgIpc) is 3.43. The minimum atomic E-state index is -5.08. The first-order valence-electron chi connectivity index (χ1n) is 10.2. The Morgan fingerprint density at radius 1 is 1.34 bits per heavy atom. The molecule has 2 aromatic heterocycles. The molecule has 11 heteroatoms. The Morgan fingerprint density at radius 3 is 2.62 bits per heavy atom. The van der Waals surface area contributed by atoms with Crippen molar-refractivity contribution in [2.75, 3.05) is 26.2 Å². The molecule has 0 saturated carbocycles. The molecule has 2 fully saturated rings. The maximum Gasteiger partial charge on any atom is 0.490 e. The number of carbonyl (C=O) groups is 2. The lowest BCUT2D eigenvalue weighted by Crippen LogP contribution is -2.64. The minimum Gasteiger partial charge on any atom is -0.475 e. The molecule has 1 unspecified atom stereocenters. The van der Waals surface area contributed by atoms with Crippen LogP contribution in [-0.4, -0.2) is 64.5 Å². The van der Waals surface area contributed by atoms with Crippen molar-refractivity contribution in [3.8, 4) is 0 Å². The van der Waals surface area contributed by atoms with Crippen LogP contribution in [0.2, 0.25) is 0 Å². The quantitative estimate of drug-likeness (QED) is 0.674. The highest BCUT2D eigenvalue weighted by atomic mass is 32.1. The van der Waals surface area contributed by atoms with Gasteiger partial charge in [-0.15, -0.1) is 0 Å². The van der Waals surface area contributed by atoms with Crippen LogP contribution in [0.1, 0.15) is 28.9 Å². The van der Waals surface area contributed by atoms with Crippen molar-refractivity contribution in [3.63, 3.8) is 0 Å². The van der Waals surface area contributed by atoms with Crippen LogP contribution in [0.25, 0.3) is 0 Å². The summed E-state index contributed by atoms with van der Waals surface area (Å²) in [7, 11) is 1.89. The molecule has 2 saturated heterocycles. The van der Waals surface area contributed by atoms with Gasteiger partial charge < -0.3 is 19.7 Å². The Bertz CT molecular complexity index is 908. The number of carboxylic acid groups (broad SMARTS) is 1. The highest BCUT2D eigenvalue weighted by Crippen LogP contribution is 2.42. The molecule has 1 atom stereocenters. The molecule has 4 heterocycles. The number of alkyl halides is 3. The summed E-state index contributed by atoms with van der Waals surface area (Å²) in [5.41, 5.74) is 2.12. The number of carbonyl (C=O) groups excluding carboxylic acids is 1. The van der Waals surface area contributed by atoms with Crippen LogP contribution in [0.3, 0.4) is 0 Å². The standard InChI is InChI=1S/C19H25N3O2S.C2HF3O2/c1-21-8-2-3-17(21)18(23)20-7-4-16-5-9-24-19(16)13-22(14-19)11-15-6-10-25-12-15;3-2(4,5)1(6)7/h2-3,6,8,10,12,16H,4-5,7,9,11,13-14H2,1H3,(H,20,23);(H,6,7). The third kappa shape index (κ3) is 5.90. The smallest absolute Gasteiger partial charge is 0.475 e. The third-order valence-electron chi connectivity index (χ3n) is 5.77. The van der Waals surface area contributed by atoms with Crippen molar-refractivity contribution in [3.05, 3.63) is 46.4 Å². The van der Waals surface area contributed by atoms with Gasteiger partial charge in [0.15, 0.2) is 0 Å². The number of amides is 1. The molecule has 2 aliphatic heterocycles. The lowest BCUT2D eigenvalue weighted by atomic mass is 9.79. The molecular weight excluding hydrogens is 447 g/mol. The highest BCUT2D eigenvalue weighted by molar-refractivity contribution is 7.07. The molecule has 1 amide bonds. The first kappa shape index (κ1) is 24.3. The van der Waals surface area contributed by atoms with E-state index in [1.54, 1.807) is 11.3 Å². The Kier molecular flexibility index (Phi) is 7.63. The second kappa shape index (κ2) is 10.1. The zero-order valence-corrected chi connectivity index (χ0v) is 18.4. The lowest BCUT2D eigenvalue weighted by molar-refractivity contribution is -0.192. The fourth-order valence-corrected chi connectivity index (χ4v) is 4.81. The molecule has 7 nitrogen and oxygen atoms in total. The van der Waals surface area contributed by atoms with Crippen molar-refractivity contribution in [1.29, 1.82) is 0 Å². The number of carboxylic acids is 1. The summed E-state index contributed by atoms with van der Waals surface area (Å²) in [6.45, 7) is 4.61. The molecule has 0 aliphatic carbocycles. The molecule has 0 aromatic carbocycles. The monoisotopic (exact) mass is 473 g/mol. The summed E-state index contributed by atoms with van der Waals surface area (Å²) in [5.74, 6) is -2.21. The number of halogens is 3. The van der Waals surface area contributed by atoms with Crippen LogP contribution >= 0.6 is 11.3 Å². The van der Waals surface area contributed by atoms with Crippen LogP contribution in [0.4, 0.5) is 13.2 Å². The first-order valence-corrected chi connectivity index (χ1v) is 11.1. The van der Waals surface area contributed by atoms with Crippen molar-refractivity contribution >= 4 is 23.2 Å². The fourth-order valence-electron chi connectivity index (χ4n) is 4.15. The van der Waals surface area contributed by atoms with E-state index in [2.05, 4.69) is 27.0 Å². The third-order valence-corrected chi connectivity index (χ3v) is 6.50. The van der Waals surface area contributed by atoms with E-state index in [0.717, 1.165) is 39.1 Å². The molecule has 2 N–H and O–H groups in total. The number of thiophene rings is 1. The van der Waals surface area contributed by atoms with Gasteiger partial charge in [-0.1, -0.05) is 0 Å². The van der Waals surface area contributed by atoms with Crippen molar-refractivity contribution in [1.82, 2.24) is 14.8 Å². The zero-order chi connectivity index (χ0) is 23.4. The van der Waals surface area contributed by atoms with Gasteiger partial charge in [0.2, 0.25) is 0 Å². The summed E-state index contributed by atoms with van der Waals surface area (Å²) in [4.78, 5) is 23.6. The van der Waals surface area contributed by atoms with Crippen LogP contribution < -0.4 is 5.32 Å². The van der Waals surface area contributed by atoms with Gasteiger partial charge >= 0.3 is 12.1 Å². The van der Waals surface area contributed by atoms with Crippen LogP contribution in [0, 0.1) is 5.92 Å². The number of aromatic nitrogens is 1. The van der Waals surface area contributed by atoms with Gasteiger partial charge in [0.05, 0.1) is 5.60 Å². The topological polar surface area (TPSA) is 83.8 Å². The van der Waals surface area contributed by atoms with Crippen molar-refractivity contribution in [2.24, 2.45) is 13.0 Å². The van der Waals surface area contributed by atoms with Crippen LogP contribution in [0.5, 0.6) is 0 Å². The van der Waals surface area contributed by atoms with E-state index in [-0.39, 0.29) is 11.5 Å². The summed E-state index contributed by atoms with van der Waals surface area (Å²) in [5, 5.41) is 14.5. The fraction of sp³-hybridized carbons (Fsp3) is 0.524. The number of aryl methyl sites for hydroxylation is 1. The molecule has 2 aromatic rings. The summed E-state index contributed by atoms with van der Waals surface area (Å²) >= 11 is 1.75. The van der Waals surface area contributed by atoms with E-state index in [1.807, 2.05) is 29.9 Å². The predicted octanol–water partition coefficient (Wildman–Crippen LogP) is 3.13. The number of nitrogens with zero attached hydrogens (tertiary/aromatic N) is 2. The average molecular weight is 474 g/mol. The molecule has 0 bridgehead atoms. The van der Waals surface area contributed by atoms with E-state index in [0.29, 0.717) is 18.2 Å². The number of likely N-dealkylation sites (tertiary alicyclic amines) is 1. The van der Waals surface area contributed by atoms with E-state index in [4.69, 9.17) is 14.6 Å². The Labute approximate surface area is 187 Å². The van der Waals surface area contributed by atoms with Crippen molar-refractivity contribution < 1.29 is 32.6 Å². The zero-order valence-electron chi connectivity index (χ0n) is 17.6. The minimum absolute atomic E-state index is 0.00755. The number of hydrogen-bond donors (Lipinski definition) is 2. The highest BCUT2D eigenvalue weighted by Gasteiger charge is 2.52. The van der Waals surface area contributed by atoms with Gasteiger partial charge in [0.25, 0.3) is 5.91 Å². The Balaban J connectivity index is 0.000000360. The number of aliphatic carboxylic acids is 1. The Morgan fingerprint density at radius 2 is 2.06 bits per heavy atom. The van der Waals surface area contributed by atoms with Gasteiger partial charge in [0, 0.05) is 46.0 Å². The van der Waals surface area contributed by atoms with Gasteiger partial charge in [0.1, 0.15) is 5.69 Å². The maximum absolute atomic E-state index is 12.2. The Hall–Kier alpha value is -2.37. The van der Waals surface area contributed by atoms with E-state index >= 15 is 0 Å². The summed E-state index contributed by atoms with van der Waals surface area (Å²) in [6.07, 6.45) is -1.10. The van der Waals surface area contributed by atoms with Gasteiger partial charge in [-0.3, -0.25) is 9.69 Å². The van der Waals surface area contributed by atoms with Crippen LogP contribution in [-0.2, 0) is 23.1 Å². The van der Waals surface area contributed by atoms with Gasteiger partial charge in [-0.05, 0) is 53.3 Å². The number of rotatable bonds is 6.